The van der Waals surface area contributed by atoms with Crippen molar-refractivity contribution >= 4 is 29.1 Å². The van der Waals surface area contributed by atoms with Crippen LogP contribution in [0.4, 0.5) is 0 Å². The highest BCUT2D eigenvalue weighted by molar-refractivity contribution is 7.80. The van der Waals surface area contributed by atoms with E-state index in [0.717, 1.165) is 69.0 Å². The van der Waals surface area contributed by atoms with Crippen LogP contribution in [0.2, 0.25) is 0 Å². The molecule has 2 aliphatic rings. The van der Waals surface area contributed by atoms with E-state index in [4.69, 9.17) is 12.2 Å². The number of nitrogens with one attached hydrogen (secondary N) is 2. The Kier molecular flexibility index (Phi) is 8.29. The van der Waals surface area contributed by atoms with Gasteiger partial charge in [0.15, 0.2) is 5.11 Å². The van der Waals surface area contributed by atoms with Gasteiger partial charge in [0.1, 0.15) is 6.04 Å². The van der Waals surface area contributed by atoms with Crippen LogP contribution in [0.5, 0.6) is 0 Å². The molecule has 0 aromatic heterocycles. The van der Waals surface area contributed by atoms with Crippen LogP contribution in [0.25, 0.3) is 0 Å². The van der Waals surface area contributed by atoms with E-state index in [1.807, 2.05) is 43.0 Å². The van der Waals surface area contributed by atoms with Crippen molar-refractivity contribution in [1.29, 1.82) is 0 Å². The minimum Gasteiger partial charge on any atom is -0.363 e. The molecule has 2 fully saturated rings. The van der Waals surface area contributed by atoms with Crippen LogP contribution in [0.3, 0.4) is 0 Å². The van der Waals surface area contributed by atoms with Gasteiger partial charge in [-0.1, -0.05) is 17.7 Å². The Morgan fingerprint density at radius 1 is 1.10 bits per heavy atom. The number of thiocarbonyl (C=S) groups is 1. The third-order valence-corrected chi connectivity index (χ3v) is 6.98. The highest BCUT2D eigenvalue weighted by Gasteiger charge is 2.37. The van der Waals surface area contributed by atoms with Gasteiger partial charge in [0.05, 0.1) is 0 Å². The standard InChI is InChI=1S/C24H36N4O2S/c1-4-25-24(31)27-15-12-19(13-16-27)21(23(30)28-14-6-5-7-18(28)3)26-22(29)20-10-8-17(2)9-11-20/h8-11,18-19,21H,4-7,12-16H2,1-3H3,(H,25,31)(H,26,29)/t18-,21+/m1/s1. The van der Waals surface area contributed by atoms with Crippen LogP contribution in [0.15, 0.2) is 24.3 Å². The van der Waals surface area contributed by atoms with E-state index < -0.39 is 6.04 Å². The Hall–Kier alpha value is -2.15. The lowest BCUT2D eigenvalue weighted by molar-refractivity contribution is -0.138. The van der Waals surface area contributed by atoms with Crippen molar-refractivity contribution in [2.75, 3.05) is 26.2 Å². The lowest BCUT2D eigenvalue weighted by atomic mass is 9.87. The van der Waals surface area contributed by atoms with Crippen molar-refractivity contribution in [2.24, 2.45) is 5.92 Å². The minimum atomic E-state index is -0.496. The Balaban J connectivity index is 1.74. The molecule has 2 saturated heterocycles. The molecule has 7 heteroatoms. The van der Waals surface area contributed by atoms with Crippen LogP contribution in [-0.2, 0) is 4.79 Å². The molecule has 0 bridgehead atoms. The Morgan fingerprint density at radius 3 is 2.39 bits per heavy atom. The predicted octanol–water partition coefficient (Wildman–Crippen LogP) is 3.10. The number of aryl methyl sites for hydroxylation is 1. The number of hydrogen-bond donors (Lipinski definition) is 2. The van der Waals surface area contributed by atoms with Gasteiger partial charge >= 0.3 is 0 Å². The summed E-state index contributed by atoms with van der Waals surface area (Å²) in [5.41, 5.74) is 1.70. The van der Waals surface area contributed by atoms with E-state index in [-0.39, 0.29) is 23.8 Å². The molecule has 0 unspecified atom stereocenters. The zero-order valence-electron chi connectivity index (χ0n) is 19.0. The number of hydrogen-bond acceptors (Lipinski definition) is 3. The molecule has 170 valence electrons. The number of carbonyl (C=O) groups is 2. The maximum atomic E-state index is 13.6. The zero-order valence-corrected chi connectivity index (χ0v) is 19.8. The van der Waals surface area contributed by atoms with Crippen molar-refractivity contribution in [3.05, 3.63) is 35.4 Å². The number of piperidine rings is 2. The Labute approximate surface area is 191 Å². The zero-order chi connectivity index (χ0) is 22.4. The predicted molar refractivity (Wildman–Crippen MR) is 128 cm³/mol. The third-order valence-electron chi connectivity index (χ3n) is 6.58. The van der Waals surface area contributed by atoms with E-state index in [1.54, 1.807) is 0 Å². The van der Waals surface area contributed by atoms with Gasteiger partial charge < -0.3 is 20.4 Å². The highest BCUT2D eigenvalue weighted by Crippen LogP contribution is 2.25. The summed E-state index contributed by atoms with van der Waals surface area (Å²) in [6.07, 6.45) is 4.88. The number of nitrogens with zero attached hydrogens (tertiary/aromatic N) is 2. The number of benzene rings is 1. The number of carbonyl (C=O) groups excluding carboxylic acids is 2. The molecule has 2 aliphatic heterocycles. The molecule has 0 saturated carbocycles. The maximum absolute atomic E-state index is 13.6. The molecular formula is C24H36N4O2S. The van der Waals surface area contributed by atoms with Gasteiger partial charge in [0, 0.05) is 37.8 Å². The van der Waals surface area contributed by atoms with Crippen molar-refractivity contribution < 1.29 is 9.59 Å². The van der Waals surface area contributed by atoms with Crippen LogP contribution in [0, 0.1) is 12.8 Å². The molecule has 6 nitrogen and oxygen atoms in total. The quantitative estimate of drug-likeness (QED) is 0.684. The van der Waals surface area contributed by atoms with Crippen molar-refractivity contribution in [2.45, 2.75) is 65.0 Å². The lowest BCUT2D eigenvalue weighted by Gasteiger charge is -2.41. The first-order valence-electron chi connectivity index (χ1n) is 11.6. The molecule has 3 rings (SSSR count). The van der Waals surface area contributed by atoms with Crippen LogP contribution >= 0.6 is 12.2 Å². The Morgan fingerprint density at radius 2 is 1.77 bits per heavy atom. The molecule has 31 heavy (non-hydrogen) atoms. The number of rotatable bonds is 5. The van der Waals surface area contributed by atoms with E-state index in [1.165, 1.54) is 0 Å². The summed E-state index contributed by atoms with van der Waals surface area (Å²) in [6, 6.07) is 7.24. The molecular weight excluding hydrogens is 408 g/mol. The van der Waals surface area contributed by atoms with Gasteiger partial charge in [0.2, 0.25) is 5.91 Å². The summed E-state index contributed by atoms with van der Waals surface area (Å²) >= 11 is 5.46. The fraction of sp³-hybridized carbons (Fsp3) is 0.625. The van der Waals surface area contributed by atoms with E-state index >= 15 is 0 Å². The molecule has 2 N–H and O–H groups in total. The maximum Gasteiger partial charge on any atom is 0.251 e. The SMILES string of the molecule is CCNC(=S)N1CCC([C@H](NC(=O)c2ccc(C)cc2)C(=O)N2CCCC[C@H]2C)CC1. The molecule has 0 aliphatic carbocycles. The van der Waals surface area contributed by atoms with Gasteiger partial charge in [-0.2, -0.15) is 0 Å². The van der Waals surface area contributed by atoms with Gasteiger partial charge in [-0.05, 0) is 83.1 Å². The molecule has 0 radical (unpaired) electrons. The van der Waals surface area contributed by atoms with Gasteiger partial charge in [-0.25, -0.2) is 0 Å². The molecule has 1 aromatic rings. The average Bonchev–Trinajstić information content (AvgIpc) is 2.78. The minimum absolute atomic E-state index is 0.0698. The van der Waals surface area contributed by atoms with Crippen LogP contribution < -0.4 is 10.6 Å². The smallest absolute Gasteiger partial charge is 0.251 e. The second kappa shape index (κ2) is 10.9. The topological polar surface area (TPSA) is 64.7 Å². The summed E-state index contributed by atoms with van der Waals surface area (Å²) in [4.78, 5) is 30.8. The largest absolute Gasteiger partial charge is 0.363 e. The van der Waals surface area contributed by atoms with E-state index in [9.17, 15) is 9.59 Å². The number of amides is 2. The molecule has 1 aromatic carbocycles. The monoisotopic (exact) mass is 444 g/mol. The normalized spacial score (nSPS) is 20.8. The average molecular weight is 445 g/mol. The van der Waals surface area contributed by atoms with Crippen molar-refractivity contribution in [3.63, 3.8) is 0 Å². The number of likely N-dealkylation sites (tertiary alicyclic amines) is 2. The molecule has 2 atom stereocenters. The van der Waals surface area contributed by atoms with Gasteiger partial charge in [-0.15, -0.1) is 0 Å². The Bertz CT molecular complexity index is 774. The van der Waals surface area contributed by atoms with E-state index in [2.05, 4.69) is 22.5 Å². The first kappa shape index (κ1) is 23.5. The lowest BCUT2D eigenvalue weighted by Crippen LogP contribution is -2.57. The first-order valence-corrected chi connectivity index (χ1v) is 12.0. The summed E-state index contributed by atoms with van der Waals surface area (Å²) in [5.74, 6) is 0.00526. The summed E-state index contributed by atoms with van der Waals surface area (Å²) < 4.78 is 0. The van der Waals surface area contributed by atoms with Crippen LogP contribution in [0.1, 0.15) is 61.9 Å². The van der Waals surface area contributed by atoms with Gasteiger partial charge in [0.25, 0.3) is 5.91 Å². The summed E-state index contributed by atoms with van der Waals surface area (Å²) in [7, 11) is 0. The summed E-state index contributed by atoms with van der Waals surface area (Å²) in [6.45, 7) is 9.34. The molecule has 2 amide bonds. The molecule has 0 spiro atoms. The third kappa shape index (κ3) is 5.97. The second-order valence-corrected chi connectivity index (χ2v) is 9.24. The molecule has 2 heterocycles. The fourth-order valence-electron chi connectivity index (χ4n) is 4.61. The second-order valence-electron chi connectivity index (χ2n) is 8.85. The van der Waals surface area contributed by atoms with E-state index in [0.29, 0.717) is 5.56 Å². The first-order chi connectivity index (χ1) is 14.9. The van der Waals surface area contributed by atoms with Crippen molar-refractivity contribution in [3.8, 4) is 0 Å². The van der Waals surface area contributed by atoms with Crippen molar-refractivity contribution in [1.82, 2.24) is 20.4 Å². The fourth-order valence-corrected chi connectivity index (χ4v) is 4.94. The van der Waals surface area contributed by atoms with Gasteiger partial charge in [-0.3, -0.25) is 9.59 Å². The highest BCUT2D eigenvalue weighted by atomic mass is 32.1. The summed E-state index contributed by atoms with van der Waals surface area (Å²) in [5, 5.41) is 7.10. The van der Waals surface area contributed by atoms with Crippen LogP contribution in [-0.4, -0.2) is 65.0 Å².